The summed E-state index contributed by atoms with van der Waals surface area (Å²) in [6, 6.07) is 14.4. The topological polar surface area (TPSA) is 47.6 Å². The van der Waals surface area contributed by atoms with Crippen molar-refractivity contribution in [2.24, 2.45) is 0 Å². The Morgan fingerprint density at radius 1 is 1.04 bits per heavy atom. The summed E-state index contributed by atoms with van der Waals surface area (Å²) in [5, 5.41) is 3.09. The van der Waals surface area contributed by atoms with Gasteiger partial charge < -0.3 is 14.8 Å². The normalized spacial score (nSPS) is 14.5. The van der Waals surface area contributed by atoms with E-state index >= 15 is 0 Å². The highest BCUT2D eigenvalue weighted by Gasteiger charge is 2.16. The van der Waals surface area contributed by atoms with Gasteiger partial charge in [0.15, 0.2) is 11.5 Å². The van der Waals surface area contributed by atoms with Crippen molar-refractivity contribution in [1.82, 2.24) is 5.32 Å². The largest absolute Gasteiger partial charge is 0.486 e. The number of hydrogen-bond donors (Lipinski definition) is 1. The van der Waals surface area contributed by atoms with Gasteiger partial charge in [0.1, 0.15) is 13.2 Å². The first-order chi connectivity index (χ1) is 12.8. The highest BCUT2D eigenvalue weighted by molar-refractivity contribution is 5.76. The summed E-state index contributed by atoms with van der Waals surface area (Å²) in [6.07, 6.45) is 1.13. The van der Waals surface area contributed by atoms with Crippen LogP contribution in [-0.2, 0) is 16.6 Å². The van der Waals surface area contributed by atoms with Crippen molar-refractivity contribution in [2.45, 2.75) is 52.0 Å². The average molecular weight is 367 g/mol. The van der Waals surface area contributed by atoms with Gasteiger partial charge in [-0.3, -0.25) is 4.79 Å². The van der Waals surface area contributed by atoms with Crippen molar-refractivity contribution in [3.8, 4) is 11.5 Å². The molecular formula is C23H29NO3. The maximum Gasteiger partial charge on any atom is 0.220 e. The third-order valence-electron chi connectivity index (χ3n) is 4.90. The lowest BCUT2D eigenvalue weighted by atomic mass is 9.86. The van der Waals surface area contributed by atoms with E-state index in [-0.39, 0.29) is 17.4 Å². The van der Waals surface area contributed by atoms with Gasteiger partial charge in [-0.1, -0.05) is 51.1 Å². The van der Waals surface area contributed by atoms with Gasteiger partial charge in [0, 0.05) is 6.42 Å². The van der Waals surface area contributed by atoms with Gasteiger partial charge in [-0.25, -0.2) is 0 Å². The molecule has 4 heteroatoms. The molecule has 0 aromatic heterocycles. The van der Waals surface area contributed by atoms with Crippen molar-refractivity contribution in [2.75, 3.05) is 13.2 Å². The van der Waals surface area contributed by atoms with Gasteiger partial charge in [0.05, 0.1) is 6.04 Å². The fourth-order valence-electron chi connectivity index (χ4n) is 3.17. The molecule has 1 unspecified atom stereocenters. The van der Waals surface area contributed by atoms with Crippen LogP contribution in [0.1, 0.15) is 56.8 Å². The number of rotatable bonds is 5. The molecule has 1 aliphatic heterocycles. The molecule has 0 fully saturated rings. The number of hydrogen-bond acceptors (Lipinski definition) is 3. The maximum atomic E-state index is 12.3. The van der Waals surface area contributed by atoms with Gasteiger partial charge in [0.25, 0.3) is 0 Å². The van der Waals surface area contributed by atoms with E-state index in [1.165, 1.54) is 5.56 Å². The zero-order chi connectivity index (χ0) is 19.4. The van der Waals surface area contributed by atoms with Crippen LogP contribution in [0, 0.1) is 0 Å². The quantitative estimate of drug-likeness (QED) is 0.842. The average Bonchev–Trinajstić information content (AvgIpc) is 2.65. The molecule has 144 valence electrons. The molecule has 27 heavy (non-hydrogen) atoms. The second-order valence-corrected chi connectivity index (χ2v) is 8.14. The lowest BCUT2D eigenvalue weighted by Gasteiger charge is -2.21. The Morgan fingerprint density at radius 3 is 2.37 bits per heavy atom. The second-order valence-electron chi connectivity index (χ2n) is 8.14. The fraction of sp³-hybridized carbons (Fsp3) is 0.435. The highest BCUT2D eigenvalue weighted by Crippen LogP contribution is 2.31. The minimum Gasteiger partial charge on any atom is -0.486 e. The van der Waals surface area contributed by atoms with E-state index in [1.807, 2.05) is 25.1 Å². The van der Waals surface area contributed by atoms with Crippen molar-refractivity contribution < 1.29 is 14.3 Å². The predicted octanol–water partition coefficient (Wildman–Crippen LogP) is 4.57. The Morgan fingerprint density at radius 2 is 1.70 bits per heavy atom. The summed E-state index contributed by atoms with van der Waals surface area (Å²) in [5.74, 6) is 1.60. The predicted molar refractivity (Wildman–Crippen MR) is 107 cm³/mol. The van der Waals surface area contributed by atoms with Gasteiger partial charge in [-0.15, -0.1) is 0 Å². The van der Waals surface area contributed by atoms with Gasteiger partial charge >= 0.3 is 0 Å². The fourth-order valence-corrected chi connectivity index (χ4v) is 3.17. The Bertz CT molecular complexity index is 790. The number of carbonyl (C=O) groups is 1. The number of amides is 1. The molecule has 1 amide bonds. The minimum atomic E-state index is -0.00761. The second kappa shape index (κ2) is 8.03. The summed E-state index contributed by atoms with van der Waals surface area (Å²) < 4.78 is 11.1. The molecule has 3 rings (SSSR count). The molecule has 4 nitrogen and oxygen atoms in total. The molecule has 0 radical (unpaired) electrons. The van der Waals surface area contributed by atoms with E-state index in [1.54, 1.807) is 0 Å². The number of fused-ring (bicyclic) bond motifs is 1. The van der Waals surface area contributed by atoms with Crippen molar-refractivity contribution in [3.05, 3.63) is 59.2 Å². The first-order valence-corrected chi connectivity index (χ1v) is 9.61. The minimum absolute atomic E-state index is 0.00761. The Kier molecular flexibility index (Phi) is 5.73. The van der Waals surface area contributed by atoms with Crippen LogP contribution in [0.15, 0.2) is 42.5 Å². The summed E-state index contributed by atoms with van der Waals surface area (Å²) in [4.78, 5) is 12.3. The summed E-state index contributed by atoms with van der Waals surface area (Å²) in [6.45, 7) is 9.78. The van der Waals surface area contributed by atoms with E-state index in [0.29, 0.717) is 26.1 Å². The molecule has 1 N–H and O–H groups in total. The van der Waals surface area contributed by atoms with Crippen LogP contribution in [-0.4, -0.2) is 19.1 Å². The van der Waals surface area contributed by atoms with E-state index in [2.05, 4.69) is 50.4 Å². The monoisotopic (exact) mass is 367 g/mol. The number of carbonyl (C=O) groups excluding carboxylic acids is 1. The maximum absolute atomic E-state index is 12.3. The molecule has 0 spiro atoms. The van der Waals surface area contributed by atoms with Crippen molar-refractivity contribution >= 4 is 5.91 Å². The van der Waals surface area contributed by atoms with E-state index in [9.17, 15) is 4.79 Å². The number of nitrogens with one attached hydrogen (secondary N) is 1. The number of aryl methyl sites for hydroxylation is 1. The molecular weight excluding hydrogens is 338 g/mol. The number of ether oxygens (including phenoxy) is 2. The van der Waals surface area contributed by atoms with Crippen LogP contribution in [0.4, 0.5) is 0 Å². The van der Waals surface area contributed by atoms with Crippen LogP contribution in [0.5, 0.6) is 11.5 Å². The molecule has 1 atom stereocenters. The molecule has 0 saturated carbocycles. The highest BCUT2D eigenvalue weighted by atomic mass is 16.6. The standard InChI is InChI=1S/C23H29NO3/c1-16(18-7-9-19(10-8-18)23(2,3)4)24-22(25)12-6-17-5-11-20-21(15-17)27-14-13-26-20/h5,7-11,15-16H,6,12-14H2,1-4H3,(H,24,25). The zero-order valence-electron chi connectivity index (χ0n) is 16.7. The van der Waals surface area contributed by atoms with Crippen LogP contribution in [0.2, 0.25) is 0 Å². The third-order valence-corrected chi connectivity index (χ3v) is 4.90. The zero-order valence-corrected chi connectivity index (χ0v) is 16.7. The van der Waals surface area contributed by atoms with Crippen LogP contribution < -0.4 is 14.8 Å². The van der Waals surface area contributed by atoms with E-state index in [0.717, 1.165) is 22.6 Å². The molecule has 2 aromatic carbocycles. The Labute approximate surface area is 161 Å². The third kappa shape index (κ3) is 5.03. The Hall–Kier alpha value is -2.49. The summed E-state index contributed by atoms with van der Waals surface area (Å²) in [7, 11) is 0. The van der Waals surface area contributed by atoms with Gasteiger partial charge in [-0.05, 0) is 47.6 Å². The SMILES string of the molecule is CC(NC(=O)CCc1ccc2c(c1)OCCO2)c1ccc(C(C)(C)C)cc1. The van der Waals surface area contributed by atoms with Crippen LogP contribution >= 0.6 is 0 Å². The first kappa shape index (κ1) is 19.3. The van der Waals surface area contributed by atoms with Gasteiger partial charge in [-0.2, -0.15) is 0 Å². The summed E-state index contributed by atoms with van der Waals surface area (Å²) >= 11 is 0. The summed E-state index contributed by atoms with van der Waals surface area (Å²) in [5.41, 5.74) is 3.63. The Balaban J connectivity index is 1.53. The van der Waals surface area contributed by atoms with Crippen LogP contribution in [0.3, 0.4) is 0 Å². The molecule has 2 aromatic rings. The number of benzene rings is 2. The molecule has 0 aliphatic carbocycles. The molecule has 1 heterocycles. The van der Waals surface area contributed by atoms with Gasteiger partial charge in [0.2, 0.25) is 5.91 Å². The van der Waals surface area contributed by atoms with Crippen molar-refractivity contribution in [1.29, 1.82) is 0 Å². The lowest BCUT2D eigenvalue weighted by molar-refractivity contribution is -0.121. The first-order valence-electron chi connectivity index (χ1n) is 9.61. The molecule has 0 saturated heterocycles. The smallest absolute Gasteiger partial charge is 0.220 e. The molecule has 1 aliphatic rings. The lowest BCUT2D eigenvalue weighted by Crippen LogP contribution is -2.27. The van der Waals surface area contributed by atoms with E-state index in [4.69, 9.17) is 9.47 Å². The van der Waals surface area contributed by atoms with Crippen LogP contribution in [0.25, 0.3) is 0 Å². The van der Waals surface area contributed by atoms with Crippen molar-refractivity contribution in [3.63, 3.8) is 0 Å². The van der Waals surface area contributed by atoms with E-state index < -0.39 is 0 Å². The molecule has 0 bridgehead atoms.